The van der Waals surface area contributed by atoms with E-state index in [1.807, 2.05) is 13.8 Å². The van der Waals surface area contributed by atoms with Crippen LogP contribution in [0.2, 0.25) is 0 Å². The normalized spacial score (nSPS) is 14.6. The van der Waals surface area contributed by atoms with Gasteiger partial charge in [0.05, 0.1) is 6.04 Å². The Morgan fingerprint density at radius 1 is 1.40 bits per heavy atom. The number of hydrogen-bond donors (Lipinski definition) is 1. The molecular weight excluding hydrogens is 211 g/mol. The molecule has 15 heavy (non-hydrogen) atoms. The lowest BCUT2D eigenvalue weighted by Crippen LogP contribution is -2.17. The number of nitrogens with zero attached hydrogens (tertiary/aromatic N) is 2. The molecule has 86 valence electrons. The second kappa shape index (κ2) is 4.18. The third-order valence-corrected chi connectivity index (χ3v) is 1.85. The minimum atomic E-state index is -4.33. The van der Waals surface area contributed by atoms with E-state index in [0.717, 1.165) is 0 Å². The van der Waals surface area contributed by atoms with Gasteiger partial charge in [0.2, 0.25) is 5.89 Å². The Kier molecular flexibility index (Phi) is 3.33. The molecule has 7 heteroatoms. The summed E-state index contributed by atoms with van der Waals surface area (Å²) in [5, 5.41) is 3.22. The van der Waals surface area contributed by atoms with Crippen LogP contribution in [0.25, 0.3) is 0 Å². The van der Waals surface area contributed by atoms with Gasteiger partial charge in [-0.25, -0.2) is 0 Å². The fourth-order valence-electron chi connectivity index (χ4n) is 0.939. The fraction of sp³-hybridized carbons (Fsp3) is 0.750. The first-order chi connectivity index (χ1) is 6.79. The molecule has 2 N–H and O–H groups in total. The SMILES string of the molecule is CC(C)[C@@H](N)c1nc(CC(F)(F)F)no1. The summed E-state index contributed by atoms with van der Waals surface area (Å²) < 4.78 is 40.5. The summed E-state index contributed by atoms with van der Waals surface area (Å²) in [7, 11) is 0. The topological polar surface area (TPSA) is 64.9 Å². The van der Waals surface area contributed by atoms with Crippen molar-refractivity contribution in [3.63, 3.8) is 0 Å². The molecule has 1 aromatic heterocycles. The van der Waals surface area contributed by atoms with E-state index >= 15 is 0 Å². The van der Waals surface area contributed by atoms with Gasteiger partial charge in [-0.2, -0.15) is 18.2 Å². The predicted molar refractivity (Wildman–Crippen MR) is 45.8 cm³/mol. The average molecular weight is 223 g/mol. The Hall–Kier alpha value is -1.11. The van der Waals surface area contributed by atoms with E-state index < -0.39 is 18.6 Å². The fourth-order valence-corrected chi connectivity index (χ4v) is 0.939. The predicted octanol–water partition coefficient (Wildman–Crippen LogP) is 1.83. The minimum absolute atomic E-state index is 0.0317. The minimum Gasteiger partial charge on any atom is -0.338 e. The lowest BCUT2D eigenvalue weighted by atomic mass is 10.1. The van der Waals surface area contributed by atoms with Crippen molar-refractivity contribution in [2.45, 2.75) is 32.5 Å². The van der Waals surface area contributed by atoms with Crippen LogP contribution in [0.3, 0.4) is 0 Å². The molecule has 1 heterocycles. The quantitative estimate of drug-likeness (QED) is 0.848. The summed E-state index contributed by atoms with van der Waals surface area (Å²) in [6, 6.07) is -0.528. The Morgan fingerprint density at radius 3 is 2.47 bits per heavy atom. The van der Waals surface area contributed by atoms with Gasteiger partial charge in [0, 0.05) is 0 Å². The van der Waals surface area contributed by atoms with E-state index in [9.17, 15) is 13.2 Å². The average Bonchev–Trinajstić information content (AvgIpc) is 2.48. The van der Waals surface area contributed by atoms with Crippen molar-refractivity contribution in [1.29, 1.82) is 0 Å². The smallest absolute Gasteiger partial charge is 0.338 e. The number of halogens is 3. The zero-order valence-corrected chi connectivity index (χ0v) is 8.38. The van der Waals surface area contributed by atoms with Crippen molar-refractivity contribution in [3.8, 4) is 0 Å². The molecule has 0 aliphatic heterocycles. The molecule has 0 spiro atoms. The molecule has 0 amide bonds. The van der Waals surface area contributed by atoms with E-state index in [0.29, 0.717) is 0 Å². The first kappa shape index (κ1) is 12.0. The highest BCUT2D eigenvalue weighted by Gasteiger charge is 2.31. The Balaban J connectivity index is 2.72. The molecule has 1 atom stereocenters. The summed E-state index contributed by atoms with van der Waals surface area (Å²) in [4.78, 5) is 3.59. The summed E-state index contributed by atoms with van der Waals surface area (Å²) in [6.45, 7) is 3.64. The lowest BCUT2D eigenvalue weighted by Gasteiger charge is -2.09. The van der Waals surface area contributed by atoms with E-state index in [-0.39, 0.29) is 17.6 Å². The molecule has 0 unspecified atom stereocenters. The van der Waals surface area contributed by atoms with Crippen LogP contribution in [0.15, 0.2) is 4.52 Å². The van der Waals surface area contributed by atoms with Crippen LogP contribution in [0.1, 0.15) is 31.6 Å². The molecule has 0 aromatic carbocycles. The van der Waals surface area contributed by atoms with Crippen LogP contribution >= 0.6 is 0 Å². The van der Waals surface area contributed by atoms with Crippen LogP contribution in [0.4, 0.5) is 13.2 Å². The lowest BCUT2D eigenvalue weighted by molar-refractivity contribution is -0.128. The maximum atomic E-state index is 12.0. The van der Waals surface area contributed by atoms with Gasteiger partial charge in [0.25, 0.3) is 0 Å². The van der Waals surface area contributed by atoms with E-state index in [1.54, 1.807) is 0 Å². The van der Waals surface area contributed by atoms with Gasteiger partial charge in [-0.3, -0.25) is 0 Å². The largest absolute Gasteiger partial charge is 0.396 e. The van der Waals surface area contributed by atoms with Gasteiger partial charge in [-0.15, -0.1) is 0 Å². The van der Waals surface area contributed by atoms with Gasteiger partial charge < -0.3 is 10.3 Å². The van der Waals surface area contributed by atoms with Gasteiger partial charge in [0.15, 0.2) is 5.82 Å². The van der Waals surface area contributed by atoms with E-state index in [2.05, 4.69) is 14.7 Å². The number of aromatic nitrogens is 2. The molecule has 0 bridgehead atoms. The summed E-state index contributed by atoms with van der Waals surface area (Å²) >= 11 is 0. The van der Waals surface area contributed by atoms with Crippen LogP contribution < -0.4 is 5.73 Å². The van der Waals surface area contributed by atoms with Gasteiger partial charge >= 0.3 is 6.18 Å². The van der Waals surface area contributed by atoms with Crippen molar-refractivity contribution in [2.24, 2.45) is 11.7 Å². The monoisotopic (exact) mass is 223 g/mol. The standard InChI is InChI=1S/C8H12F3N3O/c1-4(2)6(12)7-13-5(14-15-7)3-8(9,10)11/h4,6H,3,12H2,1-2H3/t6-/m1/s1. The van der Waals surface area contributed by atoms with Crippen LogP contribution in [-0.2, 0) is 6.42 Å². The Labute approximate surface area is 84.6 Å². The summed E-state index contributed by atoms with van der Waals surface area (Å²) in [5.74, 6) is -0.304. The number of nitrogens with two attached hydrogens (primary N) is 1. The molecule has 0 fully saturated rings. The molecule has 4 nitrogen and oxygen atoms in total. The first-order valence-electron chi connectivity index (χ1n) is 4.44. The highest BCUT2D eigenvalue weighted by molar-refractivity contribution is 4.94. The molecule has 0 aliphatic carbocycles. The number of hydrogen-bond acceptors (Lipinski definition) is 4. The van der Waals surface area contributed by atoms with E-state index in [1.165, 1.54) is 0 Å². The number of rotatable bonds is 3. The van der Waals surface area contributed by atoms with Crippen LogP contribution in [0.5, 0.6) is 0 Å². The summed E-state index contributed by atoms with van der Waals surface area (Å²) in [5.41, 5.74) is 5.64. The Morgan fingerprint density at radius 2 is 2.00 bits per heavy atom. The van der Waals surface area contributed by atoms with Gasteiger partial charge in [0.1, 0.15) is 6.42 Å². The number of alkyl halides is 3. The molecular formula is C8H12F3N3O. The van der Waals surface area contributed by atoms with Crippen molar-refractivity contribution < 1.29 is 17.7 Å². The highest BCUT2D eigenvalue weighted by Crippen LogP contribution is 2.21. The molecule has 0 aliphatic rings. The molecule has 0 saturated heterocycles. The maximum absolute atomic E-state index is 12.0. The highest BCUT2D eigenvalue weighted by atomic mass is 19.4. The third-order valence-electron chi connectivity index (χ3n) is 1.85. The van der Waals surface area contributed by atoms with Crippen molar-refractivity contribution in [2.75, 3.05) is 0 Å². The van der Waals surface area contributed by atoms with Gasteiger partial charge in [-0.05, 0) is 5.92 Å². The second-order valence-corrected chi connectivity index (χ2v) is 3.61. The van der Waals surface area contributed by atoms with Crippen molar-refractivity contribution >= 4 is 0 Å². The summed E-state index contributed by atoms with van der Waals surface area (Å²) in [6.07, 6.45) is -5.52. The van der Waals surface area contributed by atoms with Crippen LogP contribution in [0, 0.1) is 5.92 Å². The molecule has 0 saturated carbocycles. The van der Waals surface area contributed by atoms with E-state index in [4.69, 9.17) is 5.73 Å². The third kappa shape index (κ3) is 3.50. The molecule has 1 rings (SSSR count). The van der Waals surface area contributed by atoms with Crippen molar-refractivity contribution in [1.82, 2.24) is 10.1 Å². The maximum Gasteiger partial charge on any atom is 0.396 e. The van der Waals surface area contributed by atoms with Crippen LogP contribution in [-0.4, -0.2) is 16.3 Å². The Bertz CT molecular complexity index is 321. The first-order valence-corrected chi connectivity index (χ1v) is 4.44. The molecule has 0 radical (unpaired) electrons. The molecule has 1 aromatic rings. The second-order valence-electron chi connectivity index (χ2n) is 3.61. The zero-order chi connectivity index (χ0) is 11.6. The van der Waals surface area contributed by atoms with Crippen molar-refractivity contribution in [3.05, 3.63) is 11.7 Å². The zero-order valence-electron chi connectivity index (χ0n) is 8.38. The van der Waals surface area contributed by atoms with Gasteiger partial charge in [-0.1, -0.05) is 19.0 Å².